The molecule has 0 spiro atoms. The van der Waals surface area contributed by atoms with Crippen molar-refractivity contribution in [1.29, 1.82) is 0 Å². The highest BCUT2D eigenvalue weighted by molar-refractivity contribution is 5.73. The number of alkyl halides is 3. The van der Waals surface area contributed by atoms with Crippen LogP contribution in [0.15, 0.2) is 24.3 Å². The standard InChI is InChI=1S/C13H13F3O4/c14-13(15,16)7-20-11-4-2-1-3-10(11)19-6-8-5-9(8)12(17)18/h1-4,8-9H,5-7H2,(H,17,18)/t8-,9+/m0/s1. The quantitative estimate of drug-likeness (QED) is 0.875. The summed E-state index contributed by atoms with van der Waals surface area (Å²) in [6, 6.07) is 6.01. The fourth-order valence-electron chi connectivity index (χ4n) is 1.78. The molecular formula is C13H13F3O4. The highest BCUT2D eigenvalue weighted by Gasteiger charge is 2.43. The van der Waals surface area contributed by atoms with Crippen LogP contribution in [-0.4, -0.2) is 30.5 Å². The van der Waals surface area contributed by atoms with Crippen molar-refractivity contribution in [2.75, 3.05) is 13.2 Å². The number of halogens is 3. The van der Waals surface area contributed by atoms with E-state index in [2.05, 4.69) is 4.74 Å². The van der Waals surface area contributed by atoms with Crippen molar-refractivity contribution in [2.24, 2.45) is 11.8 Å². The third-order valence-corrected chi connectivity index (χ3v) is 2.93. The number of benzene rings is 1. The van der Waals surface area contributed by atoms with Gasteiger partial charge in [-0.25, -0.2) is 0 Å². The molecule has 1 aliphatic rings. The first kappa shape index (κ1) is 14.5. The van der Waals surface area contributed by atoms with Gasteiger partial charge in [0.2, 0.25) is 0 Å². The average molecular weight is 290 g/mol. The molecule has 4 nitrogen and oxygen atoms in total. The molecule has 0 amide bonds. The minimum Gasteiger partial charge on any atom is -0.489 e. The Labute approximate surface area is 113 Å². The van der Waals surface area contributed by atoms with Crippen LogP contribution in [0.3, 0.4) is 0 Å². The maximum absolute atomic E-state index is 12.1. The number of carbonyl (C=O) groups is 1. The van der Waals surface area contributed by atoms with Crippen molar-refractivity contribution in [3.05, 3.63) is 24.3 Å². The third-order valence-electron chi connectivity index (χ3n) is 2.93. The molecule has 0 saturated heterocycles. The summed E-state index contributed by atoms with van der Waals surface area (Å²) in [7, 11) is 0. The van der Waals surface area contributed by atoms with Crippen LogP contribution in [0.2, 0.25) is 0 Å². The van der Waals surface area contributed by atoms with Crippen LogP contribution in [0.1, 0.15) is 6.42 Å². The maximum Gasteiger partial charge on any atom is 0.422 e. The van der Waals surface area contributed by atoms with Gasteiger partial charge in [0.05, 0.1) is 12.5 Å². The van der Waals surface area contributed by atoms with Crippen LogP contribution in [0.4, 0.5) is 13.2 Å². The van der Waals surface area contributed by atoms with Gasteiger partial charge in [-0.2, -0.15) is 13.2 Å². The second-order valence-electron chi connectivity index (χ2n) is 4.60. The zero-order chi connectivity index (χ0) is 14.8. The summed E-state index contributed by atoms with van der Waals surface area (Å²) >= 11 is 0. The lowest BCUT2D eigenvalue weighted by Crippen LogP contribution is -2.19. The topological polar surface area (TPSA) is 55.8 Å². The van der Waals surface area contributed by atoms with Gasteiger partial charge in [-0.05, 0) is 18.6 Å². The lowest BCUT2D eigenvalue weighted by atomic mass is 10.3. The van der Waals surface area contributed by atoms with E-state index in [0.717, 1.165) is 0 Å². The van der Waals surface area contributed by atoms with Crippen LogP contribution in [0, 0.1) is 11.8 Å². The number of hydrogen-bond acceptors (Lipinski definition) is 3. The van der Waals surface area contributed by atoms with E-state index in [9.17, 15) is 18.0 Å². The molecule has 1 aromatic rings. The highest BCUT2D eigenvalue weighted by Crippen LogP contribution is 2.39. The Kier molecular flexibility index (Phi) is 4.06. The van der Waals surface area contributed by atoms with E-state index in [1.54, 1.807) is 6.07 Å². The van der Waals surface area contributed by atoms with Gasteiger partial charge in [0.1, 0.15) is 0 Å². The number of carboxylic acids is 1. The van der Waals surface area contributed by atoms with Gasteiger partial charge in [-0.1, -0.05) is 12.1 Å². The second-order valence-corrected chi connectivity index (χ2v) is 4.60. The molecule has 1 aromatic carbocycles. The number of rotatable bonds is 6. The largest absolute Gasteiger partial charge is 0.489 e. The molecule has 2 atom stereocenters. The molecule has 0 aromatic heterocycles. The van der Waals surface area contributed by atoms with Gasteiger partial charge in [0.25, 0.3) is 0 Å². The van der Waals surface area contributed by atoms with Crippen molar-refractivity contribution in [3.63, 3.8) is 0 Å². The SMILES string of the molecule is O=C(O)[C@@H]1C[C@H]1COc1ccccc1OCC(F)(F)F. The van der Waals surface area contributed by atoms with Crippen LogP contribution >= 0.6 is 0 Å². The van der Waals surface area contributed by atoms with Crippen LogP contribution < -0.4 is 9.47 Å². The summed E-state index contributed by atoms with van der Waals surface area (Å²) in [5.74, 6) is -1.20. The van der Waals surface area contributed by atoms with Gasteiger partial charge >= 0.3 is 12.1 Å². The molecule has 0 unspecified atom stereocenters. The smallest absolute Gasteiger partial charge is 0.422 e. The van der Waals surface area contributed by atoms with Gasteiger partial charge in [0.15, 0.2) is 18.1 Å². The number of aliphatic carboxylic acids is 1. The maximum atomic E-state index is 12.1. The molecule has 0 heterocycles. The average Bonchev–Trinajstić information content (AvgIpc) is 3.13. The summed E-state index contributed by atoms with van der Waals surface area (Å²) in [5.41, 5.74) is 0. The lowest BCUT2D eigenvalue weighted by Gasteiger charge is -2.13. The van der Waals surface area contributed by atoms with Crippen LogP contribution in [-0.2, 0) is 4.79 Å². The molecule has 0 radical (unpaired) electrons. The normalized spacial score (nSPS) is 21.4. The van der Waals surface area contributed by atoms with E-state index in [-0.39, 0.29) is 24.0 Å². The van der Waals surface area contributed by atoms with Gasteiger partial charge in [0, 0.05) is 5.92 Å². The zero-order valence-electron chi connectivity index (χ0n) is 10.4. The van der Waals surface area contributed by atoms with E-state index in [1.807, 2.05) is 0 Å². The summed E-state index contributed by atoms with van der Waals surface area (Å²) in [6.45, 7) is -1.24. The molecule has 0 bridgehead atoms. The van der Waals surface area contributed by atoms with E-state index in [4.69, 9.17) is 9.84 Å². The Morgan fingerprint density at radius 1 is 1.25 bits per heavy atom. The first-order valence-corrected chi connectivity index (χ1v) is 6.01. The molecule has 7 heteroatoms. The molecule has 20 heavy (non-hydrogen) atoms. The van der Waals surface area contributed by atoms with E-state index in [1.165, 1.54) is 18.2 Å². The summed E-state index contributed by atoms with van der Waals surface area (Å²) < 4.78 is 46.3. The van der Waals surface area contributed by atoms with Crippen LogP contribution in [0.5, 0.6) is 11.5 Å². The molecule has 2 rings (SSSR count). The molecule has 1 N–H and O–H groups in total. The first-order chi connectivity index (χ1) is 9.37. The second kappa shape index (κ2) is 5.60. The van der Waals surface area contributed by atoms with E-state index >= 15 is 0 Å². The Morgan fingerprint density at radius 2 is 1.85 bits per heavy atom. The fourth-order valence-corrected chi connectivity index (χ4v) is 1.78. The highest BCUT2D eigenvalue weighted by atomic mass is 19.4. The molecule has 110 valence electrons. The van der Waals surface area contributed by atoms with Gasteiger partial charge < -0.3 is 14.6 Å². The minimum atomic E-state index is -4.42. The minimum absolute atomic E-state index is 0.00245. The summed E-state index contributed by atoms with van der Waals surface area (Å²) in [4.78, 5) is 10.7. The lowest BCUT2D eigenvalue weighted by molar-refractivity contribution is -0.153. The van der Waals surface area contributed by atoms with Crippen molar-refractivity contribution in [3.8, 4) is 11.5 Å². The molecule has 0 aliphatic heterocycles. The number of para-hydroxylation sites is 2. The fraction of sp³-hybridized carbons (Fsp3) is 0.462. The predicted octanol–water partition coefficient (Wildman–Crippen LogP) is 2.73. The van der Waals surface area contributed by atoms with Gasteiger partial charge in [-0.3, -0.25) is 4.79 Å². The number of hydrogen-bond donors (Lipinski definition) is 1. The number of ether oxygens (including phenoxy) is 2. The Morgan fingerprint density at radius 3 is 2.35 bits per heavy atom. The van der Waals surface area contributed by atoms with Crippen LogP contribution in [0.25, 0.3) is 0 Å². The molecular weight excluding hydrogens is 277 g/mol. The summed E-state index contributed by atoms with van der Waals surface area (Å²) in [6.07, 6.45) is -3.89. The van der Waals surface area contributed by atoms with E-state index in [0.29, 0.717) is 6.42 Å². The van der Waals surface area contributed by atoms with Crippen molar-refractivity contribution in [2.45, 2.75) is 12.6 Å². The molecule has 1 aliphatic carbocycles. The number of carboxylic acid groups (broad SMARTS) is 1. The van der Waals surface area contributed by atoms with Crippen molar-refractivity contribution < 1.29 is 32.5 Å². The van der Waals surface area contributed by atoms with Crippen molar-refractivity contribution in [1.82, 2.24) is 0 Å². The third kappa shape index (κ3) is 4.04. The molecule has 1 saturated carbocycles. The predicted molar refractivity (Wildman–Crippen MR) is 62.7 cm³/mol. The molecule has 1 fully saturated rings. The Balaban J connectivity index is 1.89. The van der Waals surface area contributed by atoms with Crippen molar-refractivity contribution >= 4 is 5.97 Å². The summed E-state index contributed by atoms with van der Waals surface area (Å²) in [5, 5.41) is 8.74. The first-order valence-electron chi connectivity index (χ1n) is 6.01. The Bertz CT molecular complexity index is 487. The van der Waals surface area contributed by atoms with Gasteiger partial charge in [-0.15, -0.1) is 0 Å². The Hall–Kier alpha value is -1.92. The van der Waals surface area contributed by atoms with E-state index < -0.39 is 24.7 Å². The monoisotopic (exact) mass is 290 g/mol. The zero-order valence-corrected chi connectivity index (χ0v) is 10.4.